The molecule has 0 unspecified atom stereocenters. The lowest BCUT2D eigenvalue weighted by atomic mass is 9.92. The molecular formula is C25H26FN3O2. The van der Waals surface area contributed by atoms with Gasteiger partial charge in [-0.05, 0) is 43.5 Å². The van der Waals surface area contributed by atoms with Gasteiger partial charge in [-0.1, -0.05) is 6.07 Å². The van der Waals surface area contributed by atoms with Crippen molar-refractivity contribution in [3.8, 4) is 23.1 Å². The van der Waals surface area contributed by atoms with Crippen LogP contribution in [0.5, 0.6) is 5.75 Å². The third-order valence-corrected chi connectivity index (χ3v) is 6.51. The number of aromatic nitrogens is 1. The maximum Gasteiger partial charge on any atom is 0.146 e. The average molecular weight is 420 g/mol. The molecule has 6 heteroatoms. The molecule has 2 fully saturated rings. The SMILES string of the molecule is CNc1ccc(-c2c(C#N)c3ccc(OC4CCOCC4)cc3n2C2CCC2)cc1F. The number of fused-ring (bicyclic) bond motifs is 1. The number of nitrogens with zero attached hydrogens (tertiary/aromatic N) is 2. The summed E-state index contributed by atoms with van der Waals surface area (Å²) in [6.07, 6.45) is 5.20. The standard InChI is InChI=1S/C25H26FN3O2/c1-28-23-8-5-16(13-22(23)26)25-21(15-27)20-7-6-19(31-18-9-11-30-12-10-18)14-24(20)29(25)17-3-2-4-17/h5-8,13-14,17-18,28H,2-4,9-12H2,1H3. The quantitative estimate of drug-likeness (QED) is 0.581. The van der Waals surface area contributed by atoms with Crippen LogP contribution in [0.25, 0.3) is 22.2 Å². The Labute approximate surface area is 181 Å². The Hall–Kier alpha value is -3.04. The third-order valence-electron chi connectivity index (χ3n) is 6.51. The summed E-state index contributed by atoms with van der Waals surface area (Å²) in [5, 5.41) is 13.8. The number of anilines is 1. The molecule has 1 aliphatic carbocycles. The lowest BCUT2D eigenvalue weighted by molar-refractivity contribution is 0.0256. The van der Waals surface area contributed by atoms with Crippen LogP contribution in [0.4, 0.5) is 10.1 Å². The van der Waals surface area contributed by atoms with Gasteiger partial charge in [0.1, 0.15) is 23.7 Å². The maximum absolute atomic E-state index is 14.6. The molecule has 1 aliphatic heterocycles. The van der Waals surface area contributed by atoms with Crippen LogP contribution in [-0.2, 0) is 4.74 Å². The molecule has 1 saturated carbocycles. The Kier molecular flexibility index (Phi) is 5.29. The number of ether oxygens (including phenoxy) is 2. The van der Waals surface area contributed by atoms with Crippen molar-refractivity contribution in [1.29, 1.82) is 5.26 Å². The second-order valence-electron chi connectivity index (χ2n) is 8.34. The van der Waals surface area contributed by atoms with Gasteiger partial charge in [0.05, 0.1) is 35.7 Å². The van der Waals surface area contributed by atoms with Crippen LogP contribution in [0.2, 0.25) is 0 Å². The summed E-state index contributed by atoms with van der Waals surface area (Å²) in [6.45, 7) is 1.45. The molecule has 1 aromatic heterocycles. The van der Waals surface area contributed by atoms with Crippen molar-refractivity contribution in [2.45, 2.75) is 44.2 Å². The number of benzene rings is 2. The second-order valence-corrected chi connectivity index (χ2v) is 8.34. The van der Waals surface area contributed by atoms with E-state index in [4.69, 9.17) is 9.47 Å². The minimum Gasteiger partial charge on any atom is -0.490 e. The highest BCUT2D eigenvalue weighted by atomic mass is 19.1. The molecule has 2 heterocycles. The Morgan fingerprint density at radius 1 is 1.13 bits per heavy atom. The van der Waals surface area contributed by atoms with Crippen molar-refractivity contribution in [2.75, 3.05) is 25.6 Å². The number of nitrogens with one attached hydrogen (secondary N) is 1. The smallest absolute Gasteiger partial charge is 0.146 e. The maximum atomic E-state index is 14.6. The summed E-state index contributed by atoms with van der Waals surface area (Å²) in [4.78, 5) is 0. The normalized spacial score (nSPS) is 17.3. The van der Waals surface area contributed by atoms with Gasteiger partial charge in [-0.2, -0.15) is 5.26 Å². The first-order chi connectivity index (χ1) is 15.2. The molecule has 31 heavy (non-hydrogen) atoms. The molecular weight excluding hydrogens is 393 g/mol. The molecule has 5 rings (SSSR count). The topological polar surface area (TPSA) is 59.2 Å². The van der Waals surface area contributed by atoms with Gasteiger partial charge in [0, 0.05) is 42.9 Å². The number of hydrogen-bond acceptors (Lipinski definition) is 4. The van der Waals surface area contributed by atoms with E-state index in [2.05, 4.69) is 16.0 Å². The number of halogens is 1. The molecule has 2 aromatic carbocycles. The van der Waals surface area contributed by atoms with Gasteiger partial charge in [0.15, 0.2) is 0 Å². The molecule has 0 atom stereocenters. The first kappa shape index (κ1) is 19.9. The summed E-state index contributed by atoms with van der Waals surface area (Å²) < 4.78 is 28.5. The van der Waals surface area contributed by atoms with E-state index in [-0.39, 0.29) is 11.9 Å². The summed E-state index contributed by atoms with van der Waals surface area (Å²) in [5.74, 6) is 0.489. The zero-order valence-electron chi connectivity index (χ0n) is 17.7. The van der Waals surface area contributed by atoms with E-state index >= 15 is 0 Å². The highest BCUT2D eigenvalue weighted by Gasteiger charge is 2.28. The van der Waals surface area contributed by atoms with Gasteiger partial charge >= 0.3 is 0 Å². The Morgan fingerprint density at radius 3 is 2.58 bits per heavy atom. The summed E-state index contributed by atoms with van der Waals surface area (Å²) >= 11 is 0. The highest BCUT2D eigenvalue weighted by Crippen LogP contribution is 2.43. The lowest BCUT2D eigenvalue weighted by Crippen LogP contribution is -2.25. The van der Waals surface area contributed by atoms with Crippen molar-refractivity contribution in [1.82, 2.24) is 4.57 Å². The second kappa shape index (κ2) is 8.24. The zero-order valence-corrected chi connectivity index (χ0v) is 17.7. The first-order valence-electron chi connectivity index (χ1n) is 11.0. The summed E-state index contributed by atoms with van der Waals surface area (Å²) in [6, 6.07) is 13.8. The van der Waals surface area contributed by atoms with Crippen LogP contribution < -0.4 is 10.1 Å². The molecule has 0 amide bonds. The largest absolute Gasteiger partial charge is 0.490 e. The fourth-order valence-corrected chi connectivity index (χ4v) is 4.64. The van der Waals surface area contributed by atoms with Crippen molar-refractivity contribution < 1.29 is 13.9 Å². The van der Waals surface area contributed by atoms with E-state index in [1.165, 1.54) is 6.07 Å². The summed E-state index contributed by atoms with van der Waals surface area (Å²) in [7, 11) is 1.70. The monoisotopic (exact) mass is 419 g/mol. The molecule has 5 nitrogen and oxygen atoms in total. The van der Waals surface area contributed by atoms with E-state index in [1.54, 1.807) is 13.1 Å². The Morgan fingerprint density at radius 2 is 1.94 bits per heavy atom. The van der Waals surface area contributed by atoms with Crippen molar-refractivity contribution in [3.63, 3.8) is 0 Å². The molecule has 2 aliphatic rings. The third kappa shape index (κ3) is 3.53. The van der Waals surface area contributed by atoms with Crippen molar-refractivity contribution in [3.05, 3.63) is 47.8 Å². The highest BCUT2D eigenvalue weighted by molar-refractivity contribution is 5.95. The van der Waals surface area contributed by atoms with E-state index in [1.807, 2.05) is 24.3 Å². The number of hydrogen-bond donors (Lipinski definition) is 1. The molecule has 1 N–H and O–H groups in total. The minimum absolute atomic E-state index is 0.149. The van der Waals surface area contributed by atoms with E-state index < -0.39 is 0 Å². The van der Waals surface area contributed by atoms with Crippen molar-refractivity contribution >= 4 is 16.6 Å². The Bertz CT molecular complexity index is 1150. The predicted octanol–water partition coefficient (Wildman–Crippen LogP) is 5.64. The van der Waals surface area contributed by atoms with Gasteiger partial charge in [-0.25, -0.2) is 4.39 Å². The van der Waals surface area contributed by atoms with Crippen LogP contribution in [0.15, 0.2) is 36.4 Å². The number of rotatable bonds is 5. The lowest BCUT2D eigenvalue weighted by Gasteiger charge is -2.30. The van der Waals surface area contributed by atoms with Gasteiger partial charge in [-0.3, -0.25) is 0 Å². The van der Waals surface area contributed by atoms with Gasteiger partial charge < -0.3 is 19.4 Å². The fourth-order valence-electron chi connectivity index (χ4n) is 4.64. The molecule has 3 aromatic rings. The van der Waals surface area contributed by atoms with Gasteiger partial charge in [-0.15, -0.1) is 0 Å². The van der Waals surface area contributed by atoms with Gasteiger partial charge in [0.25, 0.3) is 0 Å². The van der Waals surface area contributed by atoms with Gasteiger partial charge in [0.2, 0.25) is 0 Å². The molecule has 160 valence electrons. The molecule has 0 bridgehead atoms. The first-order valence-corrected chi connectivity index (χ1v) is 11.0. The Balaban J connectivity index is 1.65. The van der Waals surface area contributed by atoms with E-state index in [0.717, 1.165) is 73.2 Å². The van der Waals surface area contributed by atoms with Crippen LogP contribution in [-0.4, -0.2) is 30.9 Å². The molecule has 0 spiro atoms. The average Bonchev–Trinajstić information content (AvgIpc) is 3.06. The van der Waals surface area contributed by atoms with E-state index in [9.17, 15) is 9.65 Å². The molecule has 0 radical (unpaired) electrons. The van der Waals surface area contributed by atoms with Crippen LogP contribution in [0.3, 0.4) is 0 Å². The molecule has 1 saturated heterocycles. The van der Waals surface area contributed by atoms with Crippen molar-refractivity contribution in [2.24, 2.45) is 0 Å². The number of nitriles is 1. The zero-order chi connectivity index (χ0) is 21.4. The van der Waals surface area contributed by atoms with Crippen LogP contribution >= 0.6 is 0 Å². The minimum atomic E-state index is -0.321. The fraction of sp³-hybridized carbons (Fsp3) is 0.400. The van der Waals surface area contributed by atoms with E-state index in [0.29, 0.717) is 17.3 Å². The van der Waals surface area contributed by atoms with Crippen LogP contribution in [0, 0.1) is 17.1 Å². The summed E-state index contributed by atoms with van der Waals surface area (Å²) in [5.41, 5.74) is 3.55. The van der Waals surface area contributed by atoms with Crippen LogP contribution in [0.1, 0.15) is 43.7 Å². The predicted molar refractivity (Wildman–Crippen MR) is 119 cm³/mol.